The van der Waals surface area contributed by atoms with Crippen LogP contribution in [0.2, 0.25) is 0 Å². The molecule has 6 heteroatoms. The van der Waals surface area contributed by atoms with Crippen LogP contribution < -0.4 is 0 Å². The van der Waals surface area contributed by atoms with Gasteiger partial charge in [-0.3, -0.25) is 4.79 Å². The van der Waals surface area contributed by atoms with Crippen LogP contribution in [0.25, 0.3) is 0 Å². The topological polar surface area (TPSA) is 60.2 Å². The van der Waals surface area contributed by atoms with Gasteiger partial charge in [0.2, 0.25) is 0 Å². The van der Waals surface area contributed by atoms with Gasteiger partial charge >= 0.3 is 0 Å². The maximum absolute atomic E-state index is 12.9. The van der Waals surface area contributed by atoms with E-state index in [0.717, 1.165) is 43.7 Å². The Hall–Kier alpha value is -2.99. The number of hydrogen-bond acceptors (Lipinski definition) is 4. The third kappa shape index (κ3) is 4.54. The quantitative estimate of drug-likeness (QED) is 0.647. The van der Waals surface area contributed by atoms with Crippen LogP contribution in [0.5, 0.6) is 0 Å². The molecule has 1 aromatic heterocycles. The molecule has 0 spiro atoms. The molecule has 1 aliphatic rings. The third-order valence-corrected chi connectivity index (χ3v) is 5.44. The monoisotopic (exact) mass is 390 g/mol. The van der Waals surface area contributed by atoms with Gasteiger partial charge in [0.1, 0.15) is 6.04 Å². The molecule has 0 saturated carbocycles. The van der Waals surface area contributed by atoms with Crippen LogP contribution in [0, 0.1) is 5.92 Å². The lowest BCUT2D eigenvalue weighted by atomic mass is 9.99. The van der Waals surface area contributed by atoms with Gasteiger partial charge < -0.3 is 9.64 Å². The molecule has 29 heavy (non-hydrogen) atoms. The lowest BCUT2D eigenvalue weighted by molar-refractivity contribution is 0.0495. The minimum atomic E-state index is -0.132. The van der Waals surface area contributed by atoms with Gasteiger partial charge in [-0.2, -0.15) is 0 Å². The highest BCUT2D eigenvalue weighted by Gasteiger charge is 2.24. The Kier molecular flexibility index (Phi) is 6.00. The molecule has 6 nitrogen and oxygen atoms in total. The molecule has 1 amide bonds. The minimum Gasteiger partial charge on any atom is -0.381 e. The number of benzene rings is 2. The zero-order chi connectivity index (χ0) is 20.1. The Morgan fingerprint density at radius 2 is 1.66 bits per heavy atom. The van der Waals surface area contributed by atoms with Crippen molar-refractivity contribution in [1.82, 2.24) is 19.9 Å². The maximum atomic E-state index is 12.9. The zero-order valence-corrected chi connectivity index (χ0v) is 16.6. The van der Waals surface area contributed by atoms with E-state index in [1.807, 2.05) is 43.4 Å². The molecule has 0 unspecified atom stereocenters. The molecule has 3 aromatic rings. The Bertz CT molecular complexity index is 881. The fraction of sp³-hybridized carbons (Fsp3) is 0.348. The van der Waals surface area contributed by atoms with Crippen molar-refractivity contribution in [2.24, 2.45) is 5.92 Å². The van der Waals surface area contributed by atoms with E-state index in [1.165, 1.54) is 0 Å². The van der Waals surface area contributed by atoms with Crippen molar-refractivity contribution in [3.05, 3.63) is 83.7 Å². The van der Waals surface area contributed by atoms with Crippen LogP contribution in [-0.2, 0) is 4.74 Å². The predicted molar refractivity (Wildman–Crippen MR) is 111 cm³/mol. The lowest BCUT2D eigenvalue weighted by Gasteiger charge is -2.26. The van der Waals surface area contributed by atoms with Crippen molar-refractivity contribution < 1.29 is 9.53 Å². The number of amides is 1. The number of nitrogens with zero attached hydrogens (tertiary/aromatic N) is 4. The highest BCUT2D eigenvalue weighted by atomic mass is 16.5. The number of carbonyl (C=O) groups excluding carboxylic acids is 1. The van der Waals surface area contributed by atoms with Gasteiger partial charge in [0, 0.05) is 26.8 Å². The molecule has 0 aliphatic carbocycles. The van der Waals surface area contributed by atoms with Crippen LogP contribution in [0.4, 0.5) is 0 Å². The van der Waals surface area contributed by atoms with Gasteiger partial charge in [-0.05, 0) is 29.9 Å². The van der Waals surface area contributed by atoms with Crippen LogP contribution in [0.3, 0.4) is 0 Å². The molecular weight excluding hydrogens is 364 g/mol. The SMILES string of the molecule is CN(CC1CCOCC1)C(=O)c1cn(C(c2ccccc2)c2ccccc2)nn1. The van der Waals surface area contributed by atoms with Crippen LogP contribution in [-0.4, -0.2) is 52.6 Å². The van der Waals surface area contributed by atoms with Crippen molar-refractivity contribution in [3.8, 4) is 0 Å². The van der Waals surface area contributed by atoms with Crippen molar-refractivity contribution in [2.75, 3.05) is 26.8 Å². The van der Waals surface area contributed by atoms with Crippen LogP contribution in [0.15, 0.2) is 66.9 Å². The average Bonchev–Trinajstić information content (AvgIpc) is 3.25. The molecular formula is C23H26N4O2. The Balaban J connectivity index is 1.56. The van der Waals surface area contributed by atoms with E-state index in [2.05, 4.69) is 34.6 Å². The Labute approximate surface area is 171 Å². The first-order valence-corrected chi connectivity index (χ1v) is 10.1. The molecule has 1 fully saturated rings. The summed E-state index contributed by atoms with van der Waals surface area (Å²) in [6, 6.07) is 20.2. The number of ether oxygens (including phenoxy) is 1. The molecule has 2 aromatic carbocycles. The summed E-state index contributed by atoms with van der Waals surface area (Å²) in [5.74, 6) is 0.386. The first-order valence-electron chi connectivity index (χ1n) is 10.1. The number of rotatable bonds is 6. The van der Waals surface area contributed by atoms with Gasteiger partial charge in [-0.15, -0.1) is 5.10 Å². The fourth-order valence-corrected chi connectivity index (χ4v) is 3.86. The lowest BCUT2D eigenvalue weighted by Crippen LogP contribution is -2.34. The van der Waals surface area contributed by atoms with Gasteiger partial charge in [-0.1, -0.05) is 65.9 Å². The molecule has 150 valence electrons. The maximum Gasteiger partial charge on any atom is 0.275 e. The number of hydrogen-bond donors (Lipinski definition) is 0. The van der Waals surface area contributed by atoms with E-state index in [-0.39, 0.29) is 11.9 Å². The largest absolute Gasteiger partial charge is 0.381 e. The van der Waals surface area contributed by atoms with Gasteiger partial charge in [-0.25, -0.2) is 4.68 Å². The summed E-state index contributed by atoms with van der Waals surface area (Å²) in [6.07, 6.45) is 3.75. The van der Waals surface area contributed by atoms with Crippen molar-refractivity contribution >= 4 is 5.91 Å². The van der Waals surface area contributed by atoms with E-state index in [4.69, 9.17) is 4.74 Å². The second-order valence-corrected chi connectivity index (χ2v) is 7.55. The van der Waals surface area contributed by atoms with Gasteiger partial charge in [0.05, 0.1) is 6.20 Å². The van der Waals surface area contributed by atoms with Gasteiger partial charge in [0.15, 0.2) is 5.69 Å². The van der Waals surface area contributed by atoms with Crippen molar-refractivity contribution in [2.45, 2.75) is 18.9 Å². The molecule has 1 saturated heterocycles. The molecule has 4 rings (SSSR count). The molecule has 0 N–H and O–H groups in total. The Morgan fingerprint density at radius 1 is 1.07 bits per heavy atom. The van der Waals surface area contributed by atoms with E-state index in [1.54, 1.807) is 15.8 Å². The molecule has 0 radical (unpaired) electrons. The number of aromatic nitrogens is 3. The van der Waals surface area contributed by atoms with Crippen LogP contribution in [0.1, 0.15) is 40.5 Å². The molecule has 0 bridgehead atoms. The summed E-state index contributed by atoms with van der Waals surface area (Å²) in [7, 11) is 1.84. The highest BCUT2D eigenvalue weighted by molar-refractivity contribution is 5.91. The summed E-state index contributed by atoms with van der Waals surface area (Å²) < 4.78 is 7.19. The second-order valence-electron chi connectivity index (χ2n) is 7.55. The highest BCUT2D eigenvalue weighted by Crippen LogP contribution is 2.26. The van der Waals surface area contributed by atoms with Crippen LogP contribution >= 0.6 is 0 Å². The summed E-state index contributed by atoms with van der Waals surface area (Å²) in [5.41, 5.74) is 2.56. The van der Waals surface area contributed by atoms with Gasteiger partial charge in [0.25, 0.3) is 5.91 Å². The average molecular weight is 390 g/mol. The van der Waals surface area contributed by atoms with E-state index < -0.39 is 0 Å². The normalized spacial score (nSPS) is 14.8. The first kappa shape index (κ1) is 19.3. The van der Waals surface area contributed by atoms with E-state index in [0.29, 0.717) is 11.6 Å². The minimum absolute atomic E-state index is 0.0948. The summed E-state index contributed by atoms with van der Waals surface area (Å²) in [4.78, 5) is 14.7. The fourth-order valence-electron chi connectivity index (χ4n) is 3.86. The van der Waals surface area contributed by atoms with E-state index >= 15 is 0 Å². The third-order valence-electron chi connectivity index (χ3n) is 5.44. The molecule has 2 heterocycles. The predicted octanol–water partition coefficient (Wildman–Crippen LogP) is 3.41. The standard InChI is InChI=1S/C23H26N4O2/c1-26(16-18-12-14-29-15-13-18)23(28)21-17-27(25-24-21)22(19-8-4-2-5-9-19)20-10-6-3-7-11-20/h2-11,17-18,22H,12-16H2,1H3. The summed E-state index contributed by atoms with van der Waals surface area (Å²) in [6.45, 7) is 2.27. The van der Waals surface area contributed by atoms with Crippen molar-refractivity contribution in [3.63, 3.8) is 0 Å². The molecule has 0 atom stereocenters. The zero-order valence-electron chi connectivity index (χ0n) is 16.6. The first-order chi connectivity index (χ1) is 14.2. The smallest absolute Gasteiger partial charge is 0.275 e. The number of carbonyl (C=O) groups is 1. The van der Waals surface area contributed by atoms with Crippen molar-refractivity contribution in [1.29, 1.82) is 0 Å². The summed E-state index contributed by atoms with van der Waals surface area (Å²) in [5, 5.41) is 8.52. The summed E-state index contributed by atoms with van der Waals surface area (Å²) >= 11 is 0. The van der Waals surface area contributed by atoms with E-state index in [9.17, 15) is 4.79 Å². The Morgan fingerprint density at radius 3 is 2.24 bits per heavy atom. The second kappa shape index (κ2) is 9.01. The molecule has 1 aliphatic heterocycles.